The van der Waals surface area contributed by atoms with Gasteiger partial charge >= 0.3 is 5.97 Å². The number of unbranched alkanes of at least 4 members (excludes halogenated alkanes) is 1. The first-order valence-electron chi connectivity index (χ1n) is 10.3. The third kappa shape index (κ3) is 5.80. The number of rotatable bonds is 9. The van der Waals surface area contributed by atoms with Gasteiger partial charge in [0.15, 0.2) is 0 Å². The van der Waals surface area contributed by atoms with E-state index in [1.165, 1.54) is 0 Å². The van der Waals surface area contributed by atoms with Gasteiger partial charge in [0.25, 0.3) is 0 Å². The molecule has 0 atom stereocenters. The Bertz CT molecular complexity index is 963. The maximum absolute atomic E-state index is 12.9. The Kier molecular flexibility index (Phi) is 7.39. The molecular formula is C26H27NO3. The Morgan fingerprint density at radius 1 is 0.800 bits per heavy atom. The van der Waals surface area contributed by atoms with Crippen molar-refractivity contribution < 1.29 is 14.7 Å². The van der Waals surface area contributed by atoms with E-state index in [0.717, 1.165) is 41.6 Å². The zero-order valence-electron chi connectivity index (χ0n) is 17.3. The zero-order chi connectivity index (χ0) is 21.3. The summed E-state index contributed by atoms with van der Waals surface area (Å²) in [7, 11) is 0. The predicted molar refractivity (Wildman–Crippen MR) is 119 cm³/mol. The van der Waals surface area contributed by atoms with Crippen LogP contribution in [0.1, 0.15) is 41.3 Å². The highest BCUT2D eigenvalue weighted by Crippen LogP contribution is 2.21. The molecule has 0 saturated heterocycles. The summed E-state index contributed by atoms with van der Waals surface area (Å²) in [6.07, 6.45) is 2.44. The van der Waals surface area contributed by atoms with Gasteiger partial charge in [0.2, 0.25) is 5.91 Å². The lowest BCUT2D eigenvalue weighted by atomic mass is 10.0. The molecule has 0 radical (unpaired) electrons. The summed E-state index contributed by atoms with van der Waals surface area (Å²) in [6.45, 7) is 3.47. The van der Waals surface area contributed by atoms with Crippen LogP contribution in [0.3, 0.4) is 0 Å². The minimum atomic E-state index is -0.927. The van der Waals surface area contributed by atoms with E-state index in [4.69, 9.17) is 5.11 Å². The number of carbonyl (C=O) groups is 2. The van der Waals surface area contributed by atoms with E-state index in [-0.39, 0.29) is 11.5 Å². The number of nitrogens with zero attached hydrogens (tertiary/aromatic N) is 1. The molecule has 1 amide bonds. The molecule has 0 aliphatic heterocycles. The molecule has 154 valence electrons. The quantitative estimate of drug-likeness (QED) is 0.521. The first kappa shape index (κ1) is 21.3. The largest absolute Gasteiger partial charge is 0.478 e. The van der Waals surface area contributed by atoms with Gasteiger partial charge in [-0.2, -0.15) is 0 Å². The summed E-state index contributed by atoms with van der Waals surface area (Å²) < 4.78 is 0. The summed E-state index contributed by atoms with van der Waals surface area (Å²) in [4.78, 5) is 25.8. The normalized spacial score (nSPS) is 10.6. The number of carboxylic acid groups (broad SMARTS) is 1. The molecule has 0 bridgehead atoms. The molecule has 0 heterocycles. The van der Waals surface area contributed by atoms with Crippen molar-refractivity contribution in [2.24, 2.45) is 0 Å². The van der Waals surface area contributed by atoms with Crippen LogP contribution in [0.2, 0.25) is 0 Å². The second-order valence-corrected chi connectivity index (χ2v) is 7.41. The molecule has 0 aliphatic carbocycles. The number of carbonyl (C=O) groups excluding carboxylic acids is 1. The van der Waals surface area contributed by atoms with Gasteiger partial charge in [-0.05, 0) is 40.8 Å². The Labute approximate surface area is 177 Å². The molecule has 3 rings (SSSR count). The van der Waals surface area contributed by atoms with Crippen LogP contribution in [0, 0.1) is 0 Å². The van der Waals surface area contributed by atoms with Crippen molar-refractivity contribution in [3.63, 3.8) is 0 Å². The van der Waals surface area contributed by atoms with E-state index in [1.54, 1.807) is 12.1 Å². The average Bonchev–Trinajstić information content (AvgIpc) is 2.77. The molecule has 0 spiro atoms. The van der Waals surface area contributed by atoms with Gasteiger partial charge in [0.05, 0.1) is 12.0 Å². The highest BCUT2D eigenvalue weighted by atomic mass is 16.4. The lowest BCUT2D eigenvalue weighted by molar-refractivity contribution is -0.131. The predicted octanol–water partition coefficient (Wildman–Crippen LogP) is 5.42. The SMILES string of the molecule is CCCCN(Cc1ccc(-c2ccc(C(=O)O)cc2)cc1)C(=O)Cc1ccccc1. The summed E-state index contributed by atoms with van der Waals surface area (Å²) in [5.74, 6) is -0.785. The van der Waals surface area contributed by atoms with Crippen LogP contribution < -0.4 is 0 Å². The second-order valence-electron chi connectivity index (χ2n) is 7.41. The van der Waals surface area contributed by atoms with Crippen LogP contribution in [-0.4, -0.2) is 28.4 Å². The molecule has 0 aromatic heterocycles. The van der Waals surface area contributed by atoms with Crippen molar-refractivity contribution in [2.75, 3.05) is 6.54 Å². The Hall–Kier alpha value is -3.40. The number of aromatic carboxylic acids is 1. The fourth-order valence-corrected chi connectivity index (χ4v) is 3.35. The Morgan fingerprint density at radius 2 is 1.40 bits per heavy atom. The number of carboxylic acids is 1. The number of benzene rings is 3. The molecule has 0 aliphatic rings. The third-order valence-electron chi connectivity index (χ3n) is 5.13. The van der Waals surface area contributed by atoms with Gasteiger partial charge in [-0.1, -0.05) is 80.1 Å². The summed E-state index contributed by atoms with van der Waals surface area (Å²) in [5.41, 5.74) is 4.38. The van der Waals surface area contributed by atoms with Gasteiger partial charge in [0, 0.05) is 13.1 Å². The minimum Gasteiger partial charge on any atom is -0.478 e. The summed E-state index contributed by atoms with van der Waals surface area (Å²) in [5, 5.41) is 9.03. The molecule has 30 heavy (non-hydrogen) atoms. The molecule has 0 saturated carbocycles. The first-order valence-corrected chi connectivity index (χ1v) is 10.3. The average molecular weight is 402 g/mol. The highest BCUT2D eigenvalue weighted by molar-refractivity contribution is 5.88. The fourth-order valence-electron chi connectivity index (χ4n) is 3.35. The van der Waals surface area contributed by atoms with Crippen molar-refractivity contribution >= 4 is 11.9 Å². The molecule has 3 aromatic carbocycles. The van der Waals surface area contributed by atoms with Crippen LogP contribution in [0.5, 0.6) is 0 Å². The van der Waals surface area contributed by atoms with E-state index >= 15 is 0 Å². The monoisotopic (exact) mass is 401 g/mol. The van der Waals surface area contributed by atoms with Gasteiger partial charge in [0.1, 0.15) is 0 Å². The van der Waals surface area contributed by atoms with Crippen LogP contribution in [0.4, 0.5) is 0 Å². The Morgan fingerprint density at radius 3 is 1.97 bits per heavy atom. The maximum Gasteiger partial charge on any atom is 0.335 e. The molecule has 1 N–H and O–H groups in total. The summed E-state index contributed by atoms with van der Waals surface area (Å²) >= 11 is 0. The molecule has 4 nitrogen and oxygen atoms in total. The van der Waals surface area contributed by atoms with Gasteiger partial charge < -0.3 is 10.0 Å². The third-order valence-corrected chi connectivity index (χ3v) is 5.13. The first-order chi connectivity index (χ1) is 14.6. The van der Waals surface area contributed by atoms with Crippen molar-refractivity contribution in [1.29, 1.82) is 0 Å². The fraction of sp³-hybridized carbons (Fsp3) is 0.231. The maximum atomic E-state index is 12.9. The number of amides is 1. The highest BCUT2D eigenvalue weighted by Gasteiger charge is 2.14. The second kappa shape index (κ2) is 10.4. The molecule has 0 fully saturated rings. The van der Waals surface area contributed by atoms with Crippen LogP contribution in [0.15, 0.2) is 78.9 Å². The number of hydrogen-bond donors (Lipinski definition) is 1. The molecular weight excluding hydrogens is 374 g/mol. The van der Waals surface area contributed by atoms with Crippen molar-refractivity contribution in [3.8, 4) is 11.1 Å². The molecule has 4 heteroatoms. The molecule has 0 unspecified atom stereocenters. The smallest absolute Gasteiger partial charge is 0.335 e. The van der Waals surface area contributed by atoms with Crippen LogP contribution in [0.25, 0.3) is 11.1 Å². The van der Waals surface area contributed by atoms with E-state index in [9.17, 15) is 9.59 Å². The van der Waals surface area contributed by atoms with Gasteiger partial charge in [-0.25, -0.2) is 4.79 Å². The van der Waals surface area contributed by atoms with E-state index in [1.807, 2.05) is 71.6 Å². The lowest BCUT2D eigenvalue weighted by Gasteiger charge is -2.23. The van der Waals surface area contributed by atoms with E-state index < -0.39 is 5.97 Å². The topological polar surface area (TPSA) is 57.6 Å². The van der Waals surface area contributed by atoms with Crippen LogP contribution >= 0.6 is 0 Å². The molecule has 3 aromatic rings. The zero-order valence-corrected chi connectivity index (χ0v) is 17.3. The van der Waals surface area contributed by atoms with E-state index in [0.29, 0.717) is 13.0 Å². The Balaban J connectivity index is 1.69. The lowest BCUT2D eigenvalue weighted by Crippen LogP contribution is -2.32. The van der Waals surface area contributed by atoms with Crippen molar-refractivity contribution in [1.82, 2.24) is 4.90 Å². The van der Waals surface area contributed by atoms with Crippen molar-refractivity contribution in [2.45, 2.75) is 32.7 Å². The van der Waals surface area contributed by atoms with Crippen LogP contribution in [-0.2, 0) is 17.8 Å². The van der Waals surface area contributed by atoms with Crippen molar-refractivity contribution in [3.05, 3.63) is 95.6 Å². The standard InChI is InChI=1S/C26H27NO3/c1-2-3-17-27(25(28)18-20-7-5-4-6-8-20)19-21-9-11-22(12-10-21)23-13-15-24(16-14-23)26(29)30/h4-16H,2-3,17-19H2,1H3,(H,29,30). The minimum absolute atomic E-state index is 0.142. The number of hydrogen-bond acceptors (Lipinski definition) is 2. The van der Waals surface area contributed by atoms with E-state index in [2.05, 4.69) is 6.92 Å². The summed E-state index contributed by atoms with van der Waals surface area (Å²) in [6, 6.07) is 24.8. The van der Waals surface area contributed by atoms with Gasteiger partial charge in [-0.15, -0.1) is 0 Å². The van der Waals surface area contributed by atoms with Gasteiger partial charge in [-0.3, -0.25) is 4.79 Å².